The fourth-order valence-electron chi connectivity index (χ4n) is 2.30. The van der Waals surface area contributed by atoms with Crippen LogP contribution in [0.4, 0.5) is 0 Å². The Morgan fingerprint density at radius 2 is 1.72 bits per heavy atom. The van der Waals surface area contributed by atoms with Gasteiger partial charge in [-0.3, -0.25) is 4.79 Å². The fourth-order valence-corrected chi connectivity index (χ4v) is 2.57. The predicted octanol–water partition coefficient (Wildman–Crippen LogP) is 3.95. The highest BCUT2D eigenvalue weighted by atomic mass is 35.5. The number of halogens is 1. The summed E-state index contributed by atoms with van der Waals surface area (Å²) in [4.78, 5) is 15.6. The Hall–Kier alpha value is -1.80. The van der Waals surface area contributed by atoms with Crippen molar-refractivity contribution in [3.05, 3.63) is 56.8 Å². The molecule has 0 spiro atoms. The lowest BCUT2D eigenvalue weighted by Crippen LogP contribution is -2.09. The number of aromatic nitrogens is 1. The summed E-state index contributed by atoms with van der Waals surface area (Å²) < 4.78 is 0. The zero-order chi connectivity index (χ0) is 12.9. The van der Waals surface area contributed by atoms with Crippen molar-refractivity contribution >= 4 is 33.3 Å². The second-order valence-electron chi connectivity index (χ2n) is 4.53. The summed E-state index contributed by atoms with van der Waals surface area (Å²) in [6, 6.07) is 9.59. The lowest BCUT2D eigenvalue weighted by atomic mass is 10.0. The van der Waals surface area contributed by atoms with Crippen LogP contribution in [-0.4, -0.2) is 4.98 Å². The normalized spacial score (nSPS) is 11.3. The van der Waals surface area contributed by atoms with Gasteiger partial charge in [-0.05, 0) is 19.9 Å². The van der Waals surface area contributed by atoms with Gasteiger partial charge in [-0.15, -0.1) is 0 Å². The molecule has 2 nitrogen and oxygen atoms in total. The number of fused-ring (bicyclic) bond motifs is 3. The Balaban J connectivity index is 2.68. The number of hydrogen-bond acceptors (Lipinski definition) is 1. The number of benzene rings is 2. The van der Waals surface area contributed by atoms with Gasteiger partial charge in [0.2, 0.25) is 0 Å². The predicted molar refractivity (Wildman–Crippen MR) is 76.6 cm³/mol. The third-order valence-corrected chi connectivity index (χ3v) is 3.77. The van der Waals surface area contributed by atoms with Gasteiger partial charge < -0.3 is 4.98 Å². The summed E-state index contributed by atoms with van der Waals surface area (Å²) in [6.45, 7) is 3.75. The van der Waals surface area contributed by atoms with Crippen LogP contribution < -0.4 is 5.43 Å². The van der Waals surface area contributed by atoms with E-state index in [9.17, 15) is 4.79 Å². The minimum Gasteiger partial charge on any atom is -0.358 e. The van der Waals surface area contributed by atoms with E-state index in [2.05, 4.69) is 4.98 Å². The minimum absolute atomic E-state index is 0.0499. The summed E-state index contributed by atoms with van der Waals surface area (Å²) >= 11 is 6.25. The topological polar surface area (TPSA) is 32.9 Å². The smallest absolute Gasteiger partial charge is 0.192 e. The third-order valence-electron chi connectivity index (χ3n) is 3.45. The van der Waals surface area contributed by atoms with Crippen LogP contribution in [0.25, 0.3) is 21.7 Å². The van der Waals surface area contributed by atoms with Crippen molar-refractivity contribution in [2.24, 2.45) is 0 Å². The van der Waals surface area contributed by atoms with Gasteiger partial charge in [-0.2, -0.15) is 0 Å². The van der Waals surface area contributed by atoms with E-state index in [1.807, 2.05) is 38.1 Å². The van der Waals surface area contributed by atoms with E-state index < -0.39 is 0 Å². The maximum atomic E-state index is 12.3. The van der Waals surface area contributed by atoms with E-state index in [1.54, 1.807) is 6.07 Å². The van der Waals surface area contributed by atoms with Crippen molar-refractivity contribution in [2.45, 2.75) is 13.8 Å². The highest BCUT2D eigenvalue weighted by molar-refractivity contribution is 6.37. The second kappa shape index (κ2) is 3.85. The monoisotopic (exact) mass is 257 g/mol. The van der Waals surface area contributed by atoms with Crippen molar-refractivity contribution in [1.82, 2.24) is 4.98 Å². The summed E-state index contributed by atoms with van der Waals surface area (Å²) in [5.74, 6) is 0. The summed E-state index contributed by atoms with van der Waals surface area (Å²) in [6.07, 6.45) is 0. The first-order valence-electron chi connectivity index (χ1n) is 5.80. The molecule has 1 aromatic heterocycles. The third kappa shape index (κ3) is 1.46. The van der Waals surface area contributed by atoms with Gasteiger partial charge in [0, 0.05) is 32.4 Å². The maximum absolute atomic E-state index is 12.3. The van der Waals surface area contributed by atoms with Gasteiger partial charge in [0.05, 0.1) is 5.52 Å². The van der Waals surface area contributed by atoms with Gasteiger partial charge in [0.25, 0.3) is 0 Å². The van der Waals surface area contributed by atoms with E-state index >= 15 is 0 Å². The zero-order valence-corrected chi connectivity index (χ0v) is 10.9. The van der Waals surface area contributed by atoms with Crippen molar-refractivity contribution in [3.8, 4) is 0 Å². The van der Waals surface area contributed by atoms with Crippen molar-refractivity contribution in [2.75, 3.05) is 0 Å². The van der Waals surface area contributed by atoms with E-state index in [1.165, 1.54) is 0 Å². The number of pyridine rings is 1. The van der Waals surface area contributed by atoms with Crippen LogP contribution in [0.5, 0.6) is 0 Å². The Labute approximate surface area is 109 Å². The molecule has 1 heterocycles. The van der Waals surface area contributed by atoms with E-state index in [-0.39, 0.29) is 5.43 Å². The summed E-state index contributed by atoms with van der Waals surface area (Å²) in [7, 11) is 0. The van der Waals surface area contributed by atoms with Crippen LogP contribution >= 0.6 is 11.6 Å². The van der Waals surface area contributed by atoms with Crippen LogP contribution in [0.2, 0.25) is 5.02 Å². The lowest BCUT2D eigenvalue weighted by molar-refractivity contribution is 1.18. The SMILES string of the molecule is Cc1[nH]c2c(cc(Cl)c3ccccc32)c(=O)c1C. The average molecular weight is 258 g/mol. The molecule has 0 bridgehead atoms. The molecule has 3 heteroatoms. The van der Waals surface area contributed by atoms with Gasteiger partial charge in [0.15, 0.2) is 5.43 Å². The number of aryl methyl sites for hydroxylation is 1. The molecule has 90 valence electrons. The van der Waals surface area contributed by atoms with Crippen LogP contribution in [0.3, 0.4) is 0 Å². The van der Waals surface area contributed by atoms with Crippen molar-refractivity contribution in [3.63, 3.8) is 0 Å². The number of aromatic amines is 1. The average Bonchev–Trinajstić information content (AvgIpc) is 2.38. The maximum Gasteiger partial charge on any atom is 0.192 e. The molecule has 0 aliphatic carbocycles. The van der Waals surface area contributed by atoms with E-state index in [4.69, 9.17) is 11.6 Å². The lowest BCUT2D eigenvalue weighted by Gasteiger charge is -2.08. The fraction of sp³-hybridized carbons (Fsp3) is 0.133. The quantitative estimate of drug-likeness (QED) is 0.608. The largest absolute Gasteiger partial charge is 0.358 e. The number of rotatable bonds is 0. The minimum atomic E-state index is 0.0499. The molecule has 0 fully saturated rings. The second-order valence-corrected chi connectivity index (χ2v) is 4.94. The molecule has 0 atom stereocenters. The van der Waals surface area contributed by atoms with Crippen molar-refractivity contribution in [1.29, 1.82) is 0 Å². The van der Waals surface area contributed by atoms with E-state index in [0.717, 1.165) is 27.5 Å². The highest BCUT2D eigenvalue weighted by Crippen LogP contribution is 2.29. The summed E-state index contributed by atoms with van der Waals surface area (Å²) in [5.41, 5.74) is 2.56. The molecule has 0 aliphatic heterocycles. The number of H-pyrrole nitrogens is 1. The molecule has 3 rings (SSSR count). The molecular formula is C15H12ClNO. The molecule has 3 aromatic rings. The number of hydrogen-bond donors (Lipinski definition) is 1. The van der Waals surface area contributed by atoms with Crippen molar-refractivity contribution < 1.29 is 0 Å². The highest BCUT2D eigenvalue weighted by Gasteiger charge is 2.10. The zero-order valence-electron chi connectivity index (χ0n) is 10.2. The summed E-state index contributed by atoms with van der Waals surface area (Å²) in [5, 5.41) is 3.22. The Kier molecular flexibility index (Phi) is 2.42. The molecule has 0 radical (unpaired) electrons. The molecule has 0 amide bonds. The molecule has 1 N–H and O–H groups in total. The standard InChI is InChI=1S/C15H12ClNO/c1-8-9(2)17-14-11-6-4-3-5-10(11)13(16)7-12(14)15(8)18/h3-7H,1-2H3,(H,17,18). The van der Waals surface area contributed by atoms with Crippen LogP contribution in [0.15, 0.2) is 35.1 Å². The Bertz CT molecular complexity index is 833. The van der Waals surface area contributed by atoms with Gasteiger partial charge in [-0.1, -0.05) is 35.9 Å². The van der Waals surface area contributed by atoms with Gasteiger partial charge in [0.1, 0.15) is 0 Å². The molecule has 2 aromatic carbocycles. The number of nitrogens with one attached hydrogen (secondary N) is 1. The Morgan fingerprint density at radius 3 is 2.44 bits per heavy atom. The molecule has 0 unspecified atom stereocenters. The molecule has 0 saturated heterocycles. The molecule has 18 heavy (non-hydrogen) atoms. The first-order chi connectivity index (χ1) is 8.59. The molecule has 0 saturated carbocycles. The van der Waals surface area contributed by atoms with E-state index in [0.29, 0.717) is 10.4 Å². The van der Waals surface area contributed by atoms with Gasteiger partial charge in [-0.25, -0.2) is 0 Å². The van der Waals surface area contributed by atoms with Gasteiger partial charge >= 0.3 is 0 Å². The first kappa shape index (κ1) is 11.3. The van der Waals surface area contributed by atoms with Crippen LogP contribution in [0.1, 0.15) is 11.3 Å². The Morgan fingerprint density at radius 1 is 1.06 bits per heavy atom. The molecule has 0 aliphatic rings. The molecular weight excluding hydrogens is 246 g/mol. The first-order valence-corrected chi connectivity index (χ1v) is 6.18. The van der Waals surface area contributed by atoms with Crippen LogP contribution in [-0.2, 0) is 0 Å². The van der Waals surface area contributed by atoms with Crippen LogP contribution in [0, 0.1) is 13.8 Å².